The topological polar surface area (TPSA) is 97.1 Å². The maximum atomic E-state index is 12.0. The summed E-state index contributed by atoms with van der Waals surface area (Å²) < 4.78 is 1.14. The quantitative estimate of drug-likeness (QED) is 0.833. The average Bonchev–Trinajstić information content (AvgIpc) is 2.87. The standard InChI is InChI=1S/C12H18N4O3S/c1-20-9-4-2-8(3-5-9)13-12(19)10-6-16(15-14-10)7-11(17)18/h6,8-9H,2-5,7H2,1H3,(H,13,19)(H,17,18). The Hall–Kier alpha value is -1.57. The second-order valence-electron chi connectivity index (χ2n) is 4.88. The van der Waals surface area contributed by atoms with E-state index in [9.17, 15) is 9.59 Å². The second kappa shape index (κ2) is 6.74. The number of nitrogens with one attached hydrogen (secondary N) is 1. The molecule has 2 rings (SSSR count). The summed E-state index contributed by atoms with van der Waals surface area (Å²) in [6, 6.07) is 0.176. The molecule has 0 spiro atoms. The van der Waals surface area contributed by atoms with Crippen LogP contribution < -0.4 is 5.32 Å². The lowest BCUT2D eigenvalue weighted by atomic mass is 9.95. The molecule has 0 saturated heterocycles. The maximum absolute atomic E-state index is 12.0. The van der Waals surface area contributed by atoms with Crippen molar-refractivity contribution in [2.24, 2.45) is 0 Å². The first kappa shape index (κ1) is 14.8. The van der Waals surface area contributed by atoms with Crippen molar-refractivity contribution in [2.45, 2.75) is 43.5 Å². The Morgan fingerprint density at radius 1 is 1.45 bits per heavy atom. The first-order chi connectivity index (χ1) is 9.58. The van der Waals surface area contributed by atoms with E-state index in [-0.39, 0.29) is 24.2 Å². The van der Waals surface area contributed by atoms with Gasteiger partial charge in [-0.15, -0.1) is 5.10 Å². The molecule has 1 fully saturated rings. The molecule has 1 aliphatic carbocycles. The molecule has 1 amide bonds. The molecular weight excluding hydrogens is 280 g/mol. The highest BCUT2D eigenvalue weighted by Crippen LogP contribution is 2.26. The van der Waals surface area contributed by atoms with Gasteiger partial charge in [0.15, 0.2) is 5.69 Å². The molecule has 2 N–H and O–H groups in total. The number of hydrogen-bond acceptors (Lipinski definition) is 5. The van der Waals surface area contributed by atoms with Gasteiger partial charge in [-0.05, 0) is 31.9 Å². The number of thioether (sulfide) groups is 1. The number of amides is 1. The molecule has 0 unspecified atom stereocenters. The number of aromatic nitrogens is 3. The summed E-state index contributed by atoms with van der Waals surface area (Å²) in [7, 11) is 0. The number of hydrogen-bond donors (Lipinski definition) is 2. The van der Waals surface area contributed by atoms with E-state index in [4.69, 9.17) is 5.11 Å². The molecule has 1 saturated carbocycles. The van der Waals surface area contributed by atoms with Crippen molar-refractivity contribution in [1.82, 2.24) is 20.3 Å². The minimum atomic E-state index is -1.02. The van der Waals surface area contributed by atoms with E-state index >= 15 is 0 Å². The van der Waals surface area contributed by atoms with Crippen LogP contribution in [-0.4, -0.2) is 49.5 Å². The van der Waals surface area contributed by atoms with Crippen LogP contribution in [0.3, 0.4) is 0 Å². The van der Waals surface area contributed by atoms with E-state index in [0.29, 0.717) is 5.25 Å². The fraction of sp³-hybridized carbons (Fsp3) is 0.667. The van der Waals surface area contributed by atoms with Crippen molar-refractivity contribution >= 4 is 23.6 Å². The molecular formula is C12H18N4O3S. The smallest absolute Gasteiger partial charge is 0.325 e. The molecule has 0 radical (unpaired) electrons. The first-order valence-electron chi connectivity index (χ1n) is 6.54. The van der Waals surface area contributed by atoms with Gasteiger partial charge in [-0.3, -0.25) is 9.59 Å². The highest BCUT2D eigenvalue weighted by molar-refractivity contribution is 7.99. The van der Waals surface area contributed by atoms with Gasteiger partial charge in [-0.25, -0.2) is 4.68 Å². The zero-order chi connectivity index (χ0) is 14.5. The van der Waals surface area contributed by atoms with Crippen LogP contribution in [0.2, 0.25) is 0 Å². The lowest BCUT2D eigenvalue weighted by molar-refractivity contribution is -0.137. The number of carbonyl (C=O) groups excluding carboxylic acids is 1. The molecule has 110 valence electrons. The molecule has 0 aromatic carbocycles. The molecule has 1 aromatic rings. The number of carbonyl (C=O) groups is 2. The molecule has 7 nitrogen and oxygen atoms in total. The second-order valence-corrected chi connectivity index (χ2v) is 6.02. The van der Waals surface area contributed by atoms with Crippen LogP contribution in [0.25, 0.3) is 0 Å². The fourth-order valence-corrected chi connectivity index (χ4v) is 3.06. The summed E-state index contributed by atoms with van der Waals surface area (Å²) in [4.78, 5) is 22.5. The van der Waals surface area contributed by atoms with E-state index in [1.165, 1.54) is 6.20 Å². The number of carboxylic acid groups (broad SMARTS) is 1. The van der Waals surface area contributed by atoms with Crippen LogP contribution in [0.15, 0.2) is 6.20 Å². The van der Waals surface area contributed by atoms with Crippen molar-refractivity contribution in [3.05, 3.63) is 11.9 Å². The molecule has 8 heteroatoms. The highest BCUT2D eigenvalue weighted by atomic mass is 32.2. The molecule has 1 aliphatic rings. The number of aliphatic carboxylic acids is 1. The van der Waals surface area contributed by atoms with E-state index in [1.54, 1.807) is 0 Å². The molecule has 0 atom stereocenters. The van der Waals surface area contributed by atoms with Gasteiger partial charge >= 0.3 is 5.97 Å². The van der Waals surface area contributed by atoms with Gasteiger partial charge in [-0.2, -0.15) is 11.8 Å². The van der Waals surface area contributed by atoms with Crippen molar-refractivity contribution < 1.29 is 14.7 Å². The molecule has 1 heterocycles. The lowest BCUT2D eigenvalue weighted by Gasteiger charge is -2.27. The minimum Gasteiger partial charge on any atom is -0.480 e. The Balaban J connectivity index is 1.85. The van der Waals surface area contributed by atoms with Gasteiger partial charge in [-0.1, -0.05) is 5.21 Å². The summed E-state index contributed by atoms with van der Waals surface area (Å²) in [6.45, 7) is -0.293. The number of carboxylic acids is 1. The van der Waals surface area contributed by atoms with Crippen LogP contribution in [0, 0.1) is 0 Å². The fourth-order valence-electron chi connectivity index (χ4n) is 2.32. The van der Waals surface area contributed by atoms with Crippen LogP contribution in [-0.2, 0) is 11.3 Å². The summed E-state index contributed by atoms with van der Waals surface area (Å²) in [5, 5.41) is 19.6. The molecule has 20 heavy (non-hydrogen) atoms. The third-order valence-corrected chi connectivity index (χ3v) is 4.55. The van der Waals surface area contributed by atoms with Crippen LogP contribution in [0.5, 0.6) is 0 Å². The number of nitrogens with zero attached hydrogens (tertiary/aromatic N) is 3. The Morgan fingerprint density at radius 3 is 2.75 bits per heavy atom. The Morgan fingerprint density at radius 2 is 2.15 bits per heavy atom. The maximum Gasteiger partial charge on any atom is 0.325 e. The van der Waals surface area contributed by atoms with Gasteiger partial charge in [0.05, 0.1) is 6.20 Å². The van der Waals surface area contributed by atoms with Gasteiger partial charge in [0.1, 0.15) is 6.54 Å². The summed E-state index contributed by atoms with van der Waals surface area (Å²) >= 11 is 1.88. The van der Waals surface area contributed by atoms with Crippen LogP contribution >= 0.6 is 11.8 Å². The summed E-state index contributed by atoms with van der Waals surface area (Å²) in [6.07, 6.45) is 7.64. The molecule has 0 aliphatic heterocycles. The molecule has 1 aromatic heterocycles. The Kier molecular flexibility index (Phi) is 4.99. The zero-order valence-corrected chi connectivity index (χ0v) is 12.1. The van der Waals surface area contributed by atoms with Crippen molar-refractivity contribution in [2.75, 3.05) is 6.26 Å². The van der Waals surface area contributed by atoms with Crippen molar-refractivity contribution in [1.29, 1.82) is 0 Å². The predicted molar refractivity (Wildman–Crippen MR) is 74.7 cm³/mol. The van der Waals surface area contributed by atoms with Gasteiger partial charge in [0.2, 0.25) is 0 Å². The van der Waals surface area contributed by atoms with Crippen LogP contribution in [0.4, 0.5) is 0 Å². The predicted octanol–water partition coefficient (Wildman–Crippen LogP) is 0.767. The lowest BCUT2D eigenvalue weighted by Crippen LogP contribution is -2.38. The largest absolute Gasteiger partial charge is 0.480 e. The SMILES string of the molecule is CSC1CCC(NC(=O)c2cn(CC(=O)O)nn2)CC1. The number of rotatable bonds is 5. The van der Waals surface area contributed by atoms with E-state index < -0.39 is 5.97 Å². The first-order valence-corrected chi connectivity index (χ1v) is 7.83. The Bertz CT molecular complexity index is 483. The van der Waals surface area contributed by atoms with E-state index in [2.05, 4.69) is 21.9 Å². The zero-order valence-electron chi connectivity index (χ0n) is 11.3. The van der Waals surface area contributed by atoms with E-state index in [0.717, 1.165) is 30.4 Å². The van der Waals surface area contributed by atoms with Gasteiger partial charge < -0.3 is 10.4 Å². The molecule has 0 bridgehead atoms. The normalized spacial score (nSPS) is 22.4. The third-order valence-electron chi connectivity index (χ3n) is 3.41. The van der Waals surface area contributed by atoms with Crippen LogP contribution in [0.1, 0.15) is 36.2 Å². The third kappa shape index (κ3) is 3.96. The monoisotopic (exact) mass is 298 g/mol. The van der Waals surface area contributed by atoms with Gasteiger partial charge in [0.25, 0.3) is 5.91 Å². The summed E-state index contributed by atoms with van der Waals surface area (Å²) in [5.74, 6) is -1.30. The average molecular weight is 298 g/mol. The minimum absolute atomic E-state index is 0.165. The van der Waals surface area contributed by atoms with Crippen molar-refractivity contribution in [3.8, 4) is 0 Å². The van der Waals surface area contributed by atoms with E-state index in [1.807, 2.05) is 11.8 Å². The van der Waals surface area contributed by atoms with Crippen molar-refractivity contribution in [3.63, 3.8) is 0 Å². The van der Waals surface area contributed by atoms with Gasteiger partial charge in [0, 0.05) is 11.3 Å². The summed E-state index contributed by atoms with van der Waals surface area (Å²) in [5.41, 5.74) is 0.165. The Labute approximate surface area is 121 Å². The highest BCUT2D eigenvalue weighted by Gasteiger charge is 2.23.